The minimum atomic E-state index is -2.52. The summed E-state index contributed by atoms with van der Waals surface area (Å²) in [5.74, 6) is 0. The third-order valence-corrected chi connectivity index (χ3v) is 15.3. The van der Waals surface area contributed by atoms with Crippen LogP contribution in [0.5, 0.6) is 0 Å². The molecular weight excluding hydrogens is 567 g/mol. The topological polar surface area (TPSA) is 124 Å². The molecule has 0 saturated carbocycles. The fourth-order valence-electron chi connectivity index (χ4n) is 4.04. The molecule has 244 valence electrons. The maximum Gasteiger partial charge on any atom is 0.500 e. The summed E-state index contributed by atoms with van der Waals surface area (Å²) in [6.07, 6.45) is 3.03. The first-order valence-electron chi connectivity index (χ1n) is 15.3. The van der Waals surface area contributed by atoms with E-state index in [-0.39, 0.29) is 0 Å². The Kier molecular flexibility index (Phi) is 29.6. The van der Waals surface area contributed by atoms with Gasteiger partial charge in [-0.1, -0.05) is 0 Å². The molecule has 0 rings (SSSR count). The van der Waals surface area contributed by atoms with Crippen molar-refractivity contribution in [1.82, 2.24) is 10.6 Å². The quantitative estimate of drug-likeness (QED) is 0.0864. The minimum absolute atomic E-state index is 0.624. The van der Waals surface area contributed by atoms with E-state index in [0.717, 1.165) is 63.6 Å². The van der Waals surface area contributed by atoms with E-state index in [4.69, 9.17) is 41.1 Å². The van der Waals surface area contributed by atoms with Gasteiger partial charge >= 0.3 is 26.2 Å². The molecule has 0 heterocycles. The smallest absolute Gasteiger partial charge is 0.398 e. The molecule has 0 aliphatic carbocycles. The van der Waals surface area contributed by atoms with E-state index in [0.29, 0.717) is 46.2 Å². The summed E-state index contributed by atoms with van der Waals surface area (Å²) in [7, 11) is -3.42. The van der Waals surface area contributed by atoms with E-state index < -0.39 is 26.2 Å². The molecule has 0 radical (unpaired) electrons. The second-order valence-electron chi connectivity index (χ2n) is 9.11. The monoisotopic (exact) mass is 631 g/mol. The van der Waals surface area contributed by atoms with E-state index in [1.807, 2.05) is 41.5 Å². The molecule has 0 aliphatic rings. The molecule has 0 saturated heterocycles. The van der Waals surface area contributed by atoms with Gasteiger partial charge in [0, 0.05) is 79.0 Å². The highest BCUT2D eigenvalue weighted by Crippen LogP contribution is 2.19. The lowest BCUT2D eigenvalue weighted by Gasteiger charge is -2.29. The van der Waals surface area contributed by atoms with Gasteiger partial charge in [-0.2, -0.15) is 0 Å². The number of hydrogen-bond acceptors (Lipinski definition) is 11. The van der Waals surface area contributed by atoms with Crippen molar-refractivity contribution in [2.45, 2.75) is 85.5 Å². The first-order chi connectivity index (χ1) is 19.3. The summed E-state index contributed by atoms with van der Waals surface area (Å²) in [4.78, 5) is 0. The van der Waals surface area contributed by atoms with Gasteiger partial charge < -0.3 is 51.8 Å². The van der Waals surface area contributed by atoms with Crippen molar-refractivity contribution in [2.24, 2.45) is 5.73 Å². The molecule has 0 unspecified atom stereocenters. The zero-order valence-corrected chi connectivity index (χ0v) is 30.4. The van der Waals surface area contributed by atoms with Crippen LogP contribution in [0, 0.1) is 0 Å². The van der Waals surface area contributed by atoms with E-state index >= 15 is 0 Å². The van der Waals surface area contributed by atoms with Crippen LogP contribution in [0.4, 0.5) is 0 Å². The summed E-state index contributed by atoms with van der Waals surface area (Å²) < 4.78 is 46.0. The fourth-order valence-corrected chi connectivity index (χ4v) is 10.7. The molecule has 0 fully saturated rings. The Balaban J connectivity index is 0. The summed E-state index contributed by atoms with van der Waals surface area (Å²) in [5.41, 5.74) is 5.35. The Morgan fingerprint density at radius 1 is 0.500 bits per heavy atom. The maximum absolute atomic E-state index is 5.89. The molecule has 40 heavy (non-hydrogen) atoms. The van der Waals surface area contributed by atoms with Crippen LogP contribution < -0.4 is 16.4 Å². The predicted molar refractivity (Wildman–Crippen MR) is 170 cm³/mol. The zero-order valence-electron chi connectivity index (χ0n) is 27.4. The molecular formula is C26H65N3O8Si3. The molecule has 0 aliphatic heterocycles. The Morgan fingerprint density at radius 2 is 0.800 bits per heavy atom. The Hall–Kier alpha value is 0.211. The van der Waals surface area contributed by atoms with Crippen LogP contribution in [0.2, 0.25) is 24.7 Å². The molecule has 0 amide bonds. The molecule has 0 aromatic heterocycles. The van der Waals surface area contributed by atoms with Gasteiger partial charge in [-0.3, -0.25) is 0 Å². The SMILES string of the molecule is CCO[Si](CCCNCCC[Si](OCC)(OCC)OCC)(OCC)OCC.CO[Si](C)(CCCNCCN)OC. The fraction of sp³-hybridized carbons (Fsp3) is 1.00. The van der Waals surface area contributed by atoms with Crippen LogP contribution in [0.3, 0.4) is 0 Å². The van der Waals surface area contributed by atoms with E-state index in [1.54, 1.807) is 14.2 Å². The number of nitrogens with two attached hydrogens (primary N) is 1. The van der Waals surface area contributed by atoms with Gasteiger partial charge in [-0.25, -0.2) is 0 Å². The highest BCUT2D eigenvalue weighted by molar-refractivity contribution is 6.65. The summed E-state index contributed by atoms with van der Waals surface area (Å²) in [5, 5.41) is 6.74. The lowest BCUT2D eigenvalue weighted by Crippen LogP contribution is -2.46. The Morgan fingerprint density at radius 3 is 1.07 bits per heavy atom. The molecule has 0 aromatic carbocycles. The molecule has 0 spiro atoms. The summed E-state index contributed by atoms with van der Waals surface area (Å²) in [6, 6.07) is 2.70. The minimum Gasteiger partial charge on any atom is -0.398 e. The average molecular weight is 632 g/mol. The zero-order chi connectivity index (χ0) is 30.6. The van der Waals surface area contributed by atoms with Crippen molar-refractivity contribution in [1.29, 1.82) is 0 Å². The largest absolute Gasteiger partial charge is 0.500 e. The second kappa shape index (κ2) is 28.0. The average Bonchev–Trinajstić information content (AvgIpc) is 2.93. The Labute approximate surface area is 249 Å². The van der Waals surface area contributed by atoms with Gasteiger partial charge in [-0.15, -0.1) is 0 Å². The number of nitrogens with one attached hydrogen (secondary N) is 2. The third kappa shape index (κ3) is 21.0. The van der Waals surface area contributed by atoms with Crippen molar-refractivity contribution in [3.63, 3.8) is 0 Å². The number of rotatable bonds is 28. The predicted octanol–water partition coefficient (Wildman–Crippen LogP) is 3.74. The Bertz CT molecular complexity index is 477. The highest BCUT2D eigenvalue weighted by Gasteiger charge is 2.40. The van der Waals surface area contributed by atoms with Gasteiger partial charge in [0.2, 0.25) is 0 Å². The molecule has 0 atom stereocenters. The standard InChI is InChI=1S/C18H43NO6Si2.C8H22N2O2Si/c1-7-20-26(21-8-2,22-9-3)17-13-15-19-16-14-18-27(23-10-4,24-11-5)25-12-6;1-11-13(3,12-2)8-4-6-10-7-5-9/h19H,7-18H2,1-6H3;10H,4-9H2,1-3H3. The van der Waals surface area contributed by atoms with Crippen LogP contribution in [-0.2, 0) is 35.4 Å². The van der Waals surface area contributed by atoms with Gasteiger partial charge in [0.15, 0.2) is 0 Å². The summed E-state index contributed by atoms with van der Waals surface area (Å²) in [6.45, 7) is 22.2. The van der Waals surface area contributed by atoms with Crippen molar-refractivity contribution in [3.8, 4) is 0 Å². The van der Waals surface area contributed by atoms with Crippen molar-refractivity contribution in [3.05, 3.63) is 0 Å². The van der Waals surface area contributed by atoms with E-state index in [1.165, 1.54) is 0 Å². The van der Waals surface area contributed by atoms with Crippen LogP contribution in [0.1, 0.15) is 60.8 Å². The molecule has 0 bridgehead atoms. The maximum atomic E-state index is 5.89. The van der Waals surface area contributed by atoms with Crippen LogP contribution in [0.15, 0.2) is 0 Å². The molecule has 11 nitrogen and oxygen atoms in total. The second-order valence-corrected chi connectivity index (χ2v) is 18.2. The third-order valence-electron chi connectivity index (χ3n) is 6.03. The van der Waals surface area contributed by atoms with Crippen LogP contribution in [0.25, 0.3) is 0 Å². The summed E-state index contributed by atoms with van der Waals surface area (Å²) >= 11 is 0. The van der Waals surface area contributed by atoms with Crippen molar-refractivity contribution in [2.75, 3.05) is 86.6 Å². The first kappa shape index (κ1) is 42.3. The normalized spacial score (nSPS) is 12.4. The van der Waals surface area contributed by atoms with Crippen molar-refractivity contribution < 1.29 is 35.4 Å². The first-order valence-corrected chi connectivity index (χ1v) is 21.7. The lowest BCUT2D eigenvalue weighted by atomic mass is 10.4. The van der Waals surface area contributed by atoms with Crippen molar-refractivity contribution >= 4 is 26.2 Å². The van der Waals surface area contributed by atoms with Gasteiger partial charge in [0.1, 0.15) is 0 Å². The van der Waals surface area contributed by atoms with E-state index in [9.17, 15) is 0 Å². The van der Waals surface area contributed by atoms with Gasteiger partial charge in [-0.05, 0) is 93.0 Å². The lowest BCUT2D eigenvalue weighted by molar-refractivity contribution is 0.0705. The molecule has 14 heteroatoms. The molecule has 4 N–H and O–H groups in total. The highest BCUT2D eigenvalue weighted by atomic mass is 28.4. The molecule has 0 aromatic rings. The number of hydrogen-bond donors (Lipinski definition) is 3. The van der Waals surface area contributed by atoms with E-state index in [2.05, 4.69) is 17.2 Å². The van der Waals surface area contributed by atoms with Crippen LogP contribution in [-0.4, -0.2) is 113 Å². The van der Waals surface area contributed by atoms with Crippen LogP contribution >= 0.6 is 0 Å². The van der Waals surface area contributed by atoms with Gasteiger partial charge in [0.05, 0.1) is 0 Å². The van der Waals surface area contributed by atoms with Gasteiger partial charge in [0.25, 0.3) is 0 Å².